The second-order valence-corrected chi connectivity index (χ2v) is 6.46. The van der Waals surface area contributed by atoms with Gasteiger partial charge in [0.2, 0.25) is 5.95 Å². The Labute approximate surface area is 165 Å². The number of aromatic nitrogens is 4. The standard InChI is InChI=1S/C20H27N7O/c1-6-16-15(11-21)13(3)27(26-16)17-10-14(7-8-18(17)28-5)24-20-23-12(2)9-19(22-4)25-20/h7-10H,6,11,21H2,1-5H3,(H2,22,23,24,25). The summed E-state index contributed by atoms with van der Waals surface area (Å²) in [5.41, 5.74) is 11.6. The molecule has 1 aromatic carbocycles. The molecule has 0 bridgehead atoms. The molecule has 0 aliphatic rings. The molecule has 148 valence electrons. The van der Waals surface area contributed by atoms with Gasteiger partial charge in [-0.25, -0.2) is 9.67 Å². The summed E-state index contributed by atoms with van der Waals surface area (Å²) in [6.07, 6.45) is 0.824. The molecule has 0 unspecified atom stereocenters. The molecule has 0 amide bonds. The fraction of sp³-hybridized carbons (Fsp3) is 0.350. The maximum Gasteiger partial charge on any atom is 0.229 e. The maximum atomic E-state index is 5.94. The van der Waals surface area contributed by atoms with Crippen molar-refractivity contribution >= 4 is 17.5 Å². The minimum Gasteiger partial charge on any atom is -0.494 e. The van der Waals surface area contributed by atoms with Gasteiger partial charge in [-0.1, -0.05) is 6.92 Å². The first kappa shape index (κ1) is 19.6. The van der Waals surface area contributed by atoms with Crippen molar-refractivity contribution in [2.45, 2.75) is 33.7 Å². The molecule has 8 heteroatoms. The van der Waals surface area contributed by atoms with E-state index >= 15 is 0 Å². The minimum atomic E-state index is 0.458. The molecule has 8 nitrogen and oxygen atoms in total. The van der Waals surface area contributed by atoms with E-state index in [9.17, 15) is 0 Å². The van der Waals surface area contributed by atoms with Crippen LogP contribution in [-0.4, -0.2) is 33.9 Å². The predicted octanol–water partition coefficient (Wildman–Crippen LogP) is 3.09. The van der Waals surface area contributed by atoms with Crippen LogP contribution in [0.25, 0.3) is 5.69 Å². The molecule has 0 atom stereocenters. The number of nitrogens with zero attached hydrogens (tertiary/aromatic N) is 4. The van der Waals surface area contributed by atoms with Crippen LogP contribution in [-0.2, 0) is 13.0 Å². The molecule has 2 aromatic heterocycles. The number of methoxy groups -OCH3 is 1. The fourth-order valence-corrected chi connectivity index (χ4v) is 3.19. The quantitative estimate of drug-likeness (QED) is 0.578. The Bertz CT molecular complexity index is 981. The topological polar surface area (TPSA) is 103 Å². The normalized spacial score (nSPS) is 10.8. The van der Waals surface area contributed by atoms with E-state index in [0.717, 1.165) is 52.0 Å². The molecule has 0 aliphatic heterocycles. The van der Waals surface area contributed by atoms with Crippen molar-refractivity contribution in [1.82, 2.24) is 19.7 Å². The fourth-order valence-electron chi connectivity index (χ4n) is 3.19. The predicted molar refractivity (Wildman–Crippen MR) is 112 cm³/mol. The van der Waals surface area contributed by atoms with Gasteiger partial charge in [0.1, 0.15) is 17.3 Å². The van der Waals surface area contributed by atoms with Gasteiger partial charge in [-0.2, -0.15) is 10.1 Å². The first-order chi connectivity index (χ1) is 13.5. The highest BCUT2D eigenvalue weighted by Gasteiger charge is 2.17. The van der Waals surface area contributed by atoms with Gasteiger partial charge in [-0.15, -0.1) is 0 Å². The minimum absolute atomic E-state index is 0.458. The van der Waals surface area contributed by atoms with Crippen molar-refractivity contribution in [3.8, 4) is 11.4 Å². The lowest BCUT2D eigenvalue weighted by atomic mass is 10.1. The Morgan fingerprint density at radius 1 is 1.18 bits per heavy atom. The van der Waals surface area contributed by atoms with E-state index in [1.165, 1.54) is 0 Å². The van der Waals surface area contributed by atoms with Gasteiger partial charge >= 0.3 is 0 Å². The van der Waals surface area contributed by atoms with Crippen LogP contribution in [0.2, 0.25) is 0 Å². The summed E-state index contributed by atoms with van der Waals surface area (Å²) in [4.78, 5) is 8.90. The third kappa shape index (κ3) is 3.77. The summed E-state index contributed by atoms with van der Waals surface area (Å²) in [6.45, 7) is 6.49. The number of rotatable bonds is 7. The molecule has 0 spiro atoms. The van der Waals surface area contributed by atoms with Crippen molar-refractivity contribution in [3.63, 3.8) is 0 Å². The van der Waals surface area contributed by atoms with Gasteiger partial charge < -0.3 is 21.1 Å². The van der Waals surface area contributed by atoms with Crippen molar-refractivity contribution in [1.29, 1.82) is 0 Å². The Morgan fingerprint density at radius 3 is 2.57 bits per heavy atom. The Kier molecular flexibility index (Phi) is 5.79. The zero-order valence-electron chi connectivity index (χ0n) is 17.0. The zero-order chi connectivity index (χ0) is 20.3. The number of nitrogens with two attached hydrogens (primary N) is 1. The molecule has 2 heterocycles. The Hall–Kier alpha value is -3.13. The smallest absolute Gasteiger partial charge is 0.229 e. The van der Waals surface area contributed by atoms with Gasteiger partial charge in [0.15, 0.2) is 0 Å². The highest BCUT2D eigenvalue weighted by atomic mass is 16.5. The van der Waals surface area contributed by atoms with E-state index in [4.69, 9.17) is 15.6 Å². The number of nitrogens with one attached hydrogen (secondary N) is 2. The molecular formula is C20H27N7O. The van der Waals surface area contributed by atoms with Crippen molar-refractivity contribution < 1.29 is 4.74 Å². The van der Waals surface area contributed by atoms with Crippen LogP contribution < -0.4 is 21.1 Å². The second kappa shape index (κ2) is 8.26. The Balaban J connectivity index is 2.04. The Morgan fingerprint density at radius 2 is 1.96 bits per heavy atom. The summed E-state index contributed by atoms with van der Waals surface area (Å²) in [7, 11) is 3.48. The van der Waals surface area contributed by atoms with Crippen molar-refractivity contribution in [3.05, 3.63) is 46.9 Å². The highest BCUT2D eigenvalue weighted by molar-refractivity contribution is 5.63. The van der Waals surface area contributed by atoms with Crippen LogP contribution in [0.4, 0.5) is 17.5 Å². The van der Waals surface area contributed by atoms with E-state index in [0.29, 0.717) is 12.5 Å². The maximum absolute atomic E-state index is 5.94. The van der Waals surface area contributed by atoms with E-state index in [1.54, 1.807) is 7.11 Å². The first-order valence-electron chi connectivity index (χ1n) is 9.27. The van der Waals surface area contributed by atoms with E-state index in [-0.39, 0.29) is 0 Å². The SMILES string of the molecule is CCc1nn(-c2cc(Nc3nc(C)cc(NC)n3)ccc2OC)c(C)c1CN. The number of anilines is 3. The molecular weight excluding hydrogens is 354 g/mol. The molecule has 3 aromatic rings. The number of aryl methyl sites for hydroxylation is 2. The van der Waals surface area contributed by atoms with Crippen LogP contribution in [0.3, 0.4) is 0 Å². The molecule has 0 fully saturated rings. The van der Waals surface area contributed by atoms with Crippen molar-refractivity contribution in [2.24, 2.45) is 5.73 Å². The number of ether oxygens (including phenoxy) is 1. The van der Waals surface area contributed by atoms with Gasteiger partial charge in [0.05, 0.1) is 12.8 Å². The van der Waals surface area contributed by atoms with Crippen molar-refractivity contribution in [2.75, 3.05) is 24.8 Å². The lowest BCUT2D eigenvalue weighted by Gasteiger charge is -2.14. The van der Waals surface area contributed by atoms with Crippen LogP contribution in [0.15, 0.2) is 24.3 Å². The summed E-state index contributed by atoms with van der Waals surface area (Å²) in [5.74, 6) is 2.00. The summed E-state index contributed by atoms with van der Waals surface area (Å²) >= 11 is 0. The molecule has 0 radical (unpaired) electrons. The zero-order valence-corrected chi connectivity index (χ0v) is 17.0. The average Bonchev–Trinajstić information content (AvgIpc) is 3.02. The summed E-state index contributed by atoms with van der Waals surface area (Å²) in [6, 6.07) is 7.69. The molecule has 0 saturated heterocycles. The molecule has 4 N–H and O–H groups in total. The van der Waals surface area contributed by atoms with E-state index in [2.05, 4.69) is 27.5 Å². The lowest BCUT2D eigenvalue weighted by Crippen LogP contribution is -2.06. The summed E-state index contributed by atoms with van der Waals surface area (Å²) < 4.78 is 7.46. The monoisotopic (exact) mass is 381 g/mol. The molecule has 0 aliphatic carbocycles. The van der Waals surface area contributed by atoms with Crippen LogP contribution >= 0.6 is 0 Å². The van der Waals surface area contributed by atoms with Gasteiger partial charge in [0, 0.05) is 42.3 Å². The third-order valence-electron chi connectivity index (χ3n) is 4.64. The largest absolute Gasteiger partial charge is 0.494 e. The van der Waals surface area contributed by atoms with E-state index in [1.807, 2.05) is 49.8 Å². The lowest BCUT2D eigenvalue weighted by molar-refractivity contribution is 0.411. The number of hydrogen-bond acceptors (Lipinski definition) is 7. The van der Waals surface area contributed by atoms with Crippen LogP contribution in [0, 0.1) is 13.8 Å². The molecule has 0 saturated carbocycles. The molecule has 3 rings (SSSR count). The third-order valence-corrected chi connectivity index (χ3v) is 4.64. The number of hydrogen-bond donors (Lipinski definition) is 3. The van der Waals surface area contributed by atoms with E-state index < -0.39 is 0 Å². The highest BCUT2D eigenvalue weighted by Crippen LogP contribution is 2.30. The van der Waals surface area contributed by atoms with Gasteiger partial charge in [0.25, 0.3) is 0 Å². The first-order valence-corrected chi connectivity index (χ1v) is 9.27. The van der Waals surface area contributed by atoms with Crippen LogP contribution in [0.1, 0.15) is 29.6 Å². The number of benzene rings is 1. The van der Waals surface area contributed by atoms with Gasteiger partial charge in [-0.3, -0.25) is 0 Å². The van der Waals surface area contributed by atoms with Gasteiger partial charge in [-0.05, 0) is 38.5 Å². The molecule has 28 heavy (non-hydrogen) atoms. The summed E-state index contributed by atoms with van der Waals surface area (Å²) in [5, 5.41) is 11.1. The second-order valence-electron chi connectivity index (χ2n) is 6.46. The average molecular weight is 381 g/mol. The van der Waals surface area contributed by atoms with Crippen LogP contribution in [0.5, 0.6) is 5.75 Å².